The zero-order valence-electron chi connectivity index (χ0n) is 13.4. The summed E-state index contributed by atoms with van der Waals surface area (Å²) in [5, 5.41) is 6.71. The molecule has 0 bridgehead atoms. The Morgan fingerprint density at radius 2 is 2.17 bits per heavy atom. The monoisotopic (exact) mass is 328 g/mol. The highest BCUT2D eigenvalue weighted by Crippen LogP contribution is 2.23. The number of aromatic nitrogens is 1. The molecule has 0 unspecified atom stereocenters. The number of carbonyl (C=O) groups excluding carboxylic acids is 1. The maximum absolute atomic E-state index is 13.3. The van der Waals surface area contributed by atoms with Crippen molar-refractivity contribution in [3.05, 3.63) is 54.0 Å². The lowest BCUT2D eigenvalue weighted by Crippen LogP contribution is -2.29. The van der Waals surface area contributed by atoms with Crippen molar-refractivity contribution in [1.82, 2.24) is 4.98 Å². The molecule has 1 amide bonds. The number of pyridine rings is 1. The van der Waals surface area contributed by atoms with Crippen LogP contribution in [0, 0.1) is 5.82 Å². The number of nitrogens with zero attached hydrogens (tertiary/aromatic N) is 3. The molecule has 1 N–H and O–H groups in total. The van der Waals surface area contributed by atoms with Crippen molar-refractivity contribution in [2.75, 3.05) is 24.3 Å². The number of carbonyl (C=O) groups is 1. The van der Waals surface area contributed by atoms with Crippen LogP contribution < -0.4 is 10.2 Å². The van der Waals surface area contributed by atoms with Crippen LogP contribution in [0.1, 0.15) is 12.0 Å². The second kappa shape index (κ2) is 6.66. The third-order valence-corrected chi connectivity index (χ3v) is 3.59. The van der Waals surface area contributed by atoms with Gasteiger partial charge in [0.15, 0.2) is 5.82 Å². The average molecular weight is 328 g/mol. The maximum atomic E-state index is 13.3. The van der Waals surface area contributed by atoms with E-state index in [1.165, 1.54) is 12.1 Å². The molecule has 1 aromatic heterocycles. The van der Waals surface area contributed by atoms with Gasteiger partial charge in [-0.25, -0.2) is 9.37 Å². The lowest BCUT2D eigenvalue weighted by atomic mass is 10.0. The van der Waals surface area contributed by atoms with Gasteiger partial charge in [0.1, 0.15) is 5.82 Å². The second-order valence-electron chi connectivity index (χ2n) is 5.60. The van der Waals surface area contributed by atoms with Gasteiger partial charge in [-0.05, 0) is 24.3 Å². The number of anilines is 2. The van der Waals surface area contributed by atoms with E-state index >= 15 is 0 Å². The number of oxime groups is 1. The van der Waals surface area contributed by atoms with Crippen molar-refractivity contribution >= 4 is 23.1 Å². The molecule has 24 heavy (non-hydrogen) atoms. The summed E-state index contributed by atoms with van der Waals surface area (Å²) in [6, 6.07) is 9.57. The Morgan fingerprint density at radius 1 is 1.33 bits per heavy atom. The number of hydrogen-bond donors (Lipinski definition) is 1. The molecular weight excluding hydrogens is 311 g/mol. The predicted molar refractivity (Wildman–Crippen MR) is 89.6 cm³/mol. The lowest BCUT2D eigenvalue weighted by Gasteiger charge is -2.17. The standard InChI is InChI=1S/C17H17FN4O2/c1-22(2)16-13(7-4-8-19-16)20-17(23)15-10-14(21-24-15)11-5-3-6-12(18)9-11/h3-9,15H,10H2,1-2H3,(H,20,23)/t15-/m1/s1. The van der Waals surface area contributed by atoms with Gasteiger partial charge in [0, 0.05) is 32.3 Å². The van der Waals surface area contributed by atoms with Gasteiger partial charge in [-0.2, -0.15) is 0 Å². The molecule has 3 rings (SSSR count). The van der Waals surface area contributed by atoms with Gasteiger partial charge in [-0.15, -0.1) is 0 Å². The number of halogens is 1. The van der Waals surface area contributed by atoms with Crippen LogP contribution in [0.4, 0.5) is 15.9 Å². The molecule has 0 fully saturated rings. The Labute approximate surface area is 138 Å². The van der Waals surface area contributed by atoms with Crippen molar-refractivity contribution in [2.24, 2.45) is 5.16 Å². The van der Waals surface area contributed by atoms with E-state index in [1.807, 2.05) is 14.1 Å². The van der Waals surface area contributed by atoms with Crippen LogP contribution in [-0.4, -0.2) is 36.8 Å². The van der Waals surface area contributed by atoms with E-state index in [0.29, 0.717) is 22.8 Å². The zero-order chi connectivity index (χ0) is 17.1. The summed E-state index contributed by atoms with van der Waals surface area (Å²) < 4.78 is 13.3. The number of nitrogens with one attached hydrogen (secondary N) is 1. The topological polar surface area (TPSA) is 66.8 Å². The summed E-state index contributed by atoms with van der Waals surface area (Å²) in [6.45, 7) is 0. The normalized spacial score (nSPS) is 16.3. The molecular formula is C17H17FN4O2. The Hall–Kier alpha value is -2.96. The fourth-order valence-corrected chi connectivity index (χ4v) is 2.42. The molecule has 1 aliphatic heterocycles. The largest absolute Gasteiger partial charge is 0.382 e. The van der Waals surface area contributed by atoms with Crippen LogP contribution in [-0.2, 0) is 9.63 Å². The molecule has 0 saturated carbocycles. The van der Waals surface area contributed by atoms with E-state index in [-0.39, 0.29) is 18.1 Å². The summed E-state index contributed by atoms with van der Waals surface area (Å²) in [6.07, 6.45) is 1.19. The first-order valence-corrected chi connectivity index (χ1v) is 7.46. The molecule has 1 aliphatic rings. The molecule has 7 heteroatoms. The Kier molecular flexibility index (Phi) is 4.41. The molecule has 2 aromatic rings. The first-order valence-electron chi connectivity index (χ1n) is 7.46. The SMILES string of the molecule is CN(C)c1ncccc1NC(=O)[C@H]1CC(c2cccc(F)c2)=NO1. The van der Waals surface area contributed by atoms with E-state index in [0.717, 1.165) is 0 Å². The zero-order valence-corrected chi connectivity index (χ0v) is 13.4. The first-order chi connectivity index (χ1) is 11.5. The Balaban J connectivity index is 1.68. The molecule has 1 aromatic carbocycles. The minimum Gasteiger partial charge on any atom is -0.382 e. The molecule has 0 aliphatic carbocycles. The van der Waals surface area contributed by atoms with Gasteiger partial charge < -0.3 is 15.1 Å². The van der Waals surface area contributed by atoms with E-state index < -0.39 is 6.10 Å². The van der Waals surface area contributed by atoms with E-state index in [4.69, 9.17) is 4.84 Å². The van der Waals surface area contributed by atoms with Gasteiger partial charge in [0.25, 0.3) is 5.91 Å². The van der Waals surface area contributed by atoms with Gasteiger partial charge >= 0.3 is 0 Å². The van der Waals surface area contributed by atoms with Gasteiger partial charge in [-0.3, -0.25) is 4.79 Å². The fraction of sp³-hybridized carbons (Fsp3) is 0.235. The van der Waals surface area contributed by atoms with E-state index in [2.05, 4.69) is 15.5 Å². The fourth-order valence-electron chi connectivity index (χ4n) is 2.42. The van der Waals surface area contributed by atoms with Gasteiger partial charge in [0.05, 0.1) is 11.4 Å². The smallest absolute Gasteiger partial charge is 0.268 e. The molecule has 6 nitrogen and oxygen atoms in total. The highest BCUT2D eigenvalue weighted by Gasteiger charge is 2.29. The lowest BCUT2D eigenvalue weighted by molar-refractivity contribution is -0.125. The van der Waals surface area contributed by atoms with Crippen molar-refractivity contribution in [3.63, 3.8) is 0 Å². The summed E-state index contributed by atoms with van der Waals surface area (Å²) in [5.41, 5.74) is 1.75. The third kappa shape index (κ3) is 3.34. The van der Waals surface area contributed by atoms with Crippen LogP contribution in [0.3, 0.4) is 0 Å². The number of benzene rings is 1. The maximum Gasteiger partial charge on any atom is 0.268 e. The Bertz CT molecular complexity index is 792. The molecule has 2 heterocycles. The summed E-state index contributed by atoms with van der Waals surface area (Å²) in [5.74, 6) is -0.0227. The van der Waals surface area contributed by atoms with Crippen LogP contribution >= 0.6 is 0 Å². The number of rotatable bonds is 4. The van der Waals surface area contributed by atoms with Gasteiger partial charge in [-0.1, -0.05) is 17.3 Å². The predicted octanol–water partition coefficient (Wildman–Crippen LogP) is 2.42. The highest BCUT2D eigenvalue weighted by molar-refractivity contribution is 6.06. The summed E-state index contributed by atoms with van der Waals surface area (Å²) >= 11 is 0. The molecule has 0 saturated heterocycles. The minimum atomic E-state index is -0.751. The van der Waals surface area contributed by atoms with Crippen LogP contribution in [0.15, 0.2) is 47.8 Å². The van der Waals surface area contributed by atoms with Crippen molar-refractivity contribution in [3.8, 4) is 0 Å². The van der Waals surface area contributed by atoms with Crippen molar-refractivity contribution < 1.29 is 14.0 Å². The molecule has 1 atom stereocenters. The van der Waals surface area contributed by atoms with Gasteiger partial charge in [0.2, 0.25) is 6.10 Å². The molecule has 0 spiro atoms. The second-order valence-corrected chi connectivity index (χ2v) is 5.60. The van der Waals surface area contributed by atoms with E-state index in [9.17, 15) is 9.18 Å². The number of hydrogen-bond acceptors (Lipinski definition) is 5. The van der Waals surface area contributed by atoms with E-state index in [1.54, 1.807) is 35.4 Å². The Morgan fingerprint density at radius 3 is 2.92 bits per heavy atom. The summed E-state index contributed by atoms with van der Waals surface area (Å²) in [4.78, 5) is 23.7. The minimum absolute atomic E-state index is 0.285. The first kappa shape index (κ1) is 15.9. The molecule has 124 valence electrons. The van der Waals surface area contributed by atoms with Crippen molar-refractivity contribution in [2.45, 2.75) is 12.5 Å². The quantitative estimate of drug-likeness (QED) is 0.936. The highest BCUT2D eigenvalue weighted by atomic mass is 19.1. The van der Waals surface area contributed by atoms with Crippen LogP contribution in [0.2, 0.25) is 0 Å². The average Bonchev–Trinajstić information content (AvgIpc) is 3.05. The summed E-state index contributed by atoms with van der Waals surface area (Å²) in [7, 11) is 3.68. The van der Waals surface area contributed by atoms with Crippen LogP contribution in [0.25, 0.3) is 0 Å². The van der Waals surface area contributed by atoms with Crippen LogP contribution in [0.5, 0.6) is 0 Å². The third-order valence-electron chi connectivity index (χ3n) is 3.59. The molecule has 0 radical (unpaired) electrons. The number of amides is 1. The van der Waals surface area contributed by atoms with Crippen molar-refractivity contribution in [1.29, 1.82) is 0 Å².